The van der Waals surface area contributed by atoms with Gasteiger partial charge in [-0.15, -0.1) is 0 Å². The van der Waals surface area contributed by atoms with Gasteiger partial charge < -0.3 is 10.2 Å². The van der Waals surface area contributed by atoms with Crippen LogP contribution in [0.25, 0.3) is 0 Å². The normalized spacial score (nSPS) is 10.5. The first kappa shape index (κ1) is 18.1. The molecule has 0 saturated carbocycles. The summed E-state index contributed by atoms with van der Waals surface area (Å²) in [5.74, 6) is 0.731. The minimum absolute atomic E-state index is 0.731. The molecule has 0 aromatic heterocycles. The Balaban J connectivity index is 0.00000154. The smallest absolute Gasteiger partial charge is 0.0230 e. The van der Waals surface area contributed by atoms with Gasteiger partial charge >= 0.3 is 0 Å². The molecule has 1 N–H and O–H groups in total. The third-order valence-electron chi connectivity index (χ3n) is 2.82. The molecular formula is C17H32N2. The van der Waals surface area contributed by atoms with Crippen molar-refractivity contribution in [2.24, 2.45) is 5.92 Å². The molecule has 0 unspecified atom stereocenters. The summed E-state index contributed by atoms with van der Waals surface area (Å²) in [6.45, 7) is 11.8. The molecule has 0 bridgehead atoms. The second-order valence-electron chi connectivity index (χ2n) is 5.26. The summed E-state index contributed by atoms with van der Waals surface area (Å²) in [6.07, 6.45) is 1.11. The molecule has 1 aromatic carbocycles. The fourth-order valence-electron chi connectivity index (χ4n) is 2.08. The van der Waals surface area contributed by atoms with Crippen molar-refractivity contribution in [2.75, 3.05) is 27.2 Å². The Morgan fingerprint density at radius 2 is 1.58 bits per heavy atom. The van der Waals surface area contributed by atoms with Gasteiger partial charge in [0.05, 0.1) is 0 Å². The van der Waals surface area contributed by atoms with Crippen LogP contribution in [0.4, 0.5) is 0 Å². The van der Waals surface area contributed by atoms with Gasteiger partial charge in [0.25, 0.3) is 0 Å². The molecule has 0 aliphatic rings. The van der Waals surface area contributed by atoms with E-state index in [0.29, 0.717) is 0 Å². The summed E-state index contributed by atoms with van der Waals surface area (Å²) in [5, 5.41) is 3.18. The number of nitrogens with zero attached hydrogens (tertiary/aromatic N) is 1. The van der Waals surface area contributed by atoms with Crippen LogP contribution in [-0.4, -0.2) is 32.1 Å². The van der Waals surface area contributed by atoms with Crippen molar-refractivity contribution in [2.45, 2.75) is 40.7 Å². The second kappa shape index (κ2) is 11.0. The van der Waals surface area contributed by atoms with Crippen LogP contribution in [0.3, 0.4) is 0 Å². The zero-order chi connectivity index (χ0) is 14.7. The minimum atomic E-state index is 0.731. The van der Waals surface area contributed by atoms with E-state index in [1.165, 1.54) is 11.1 Å². The molecule has 19 heavy (non-hydrogen) atoms. The molecule has 0 fully saturated rings. The zero-order valence-corrected chi connectivity index (χ0v) is 13.7. The molecule has 2 nitrogen and oxygen atoms in total. The number of hydrogen-bond acceptors (Lipinski definition) is 2. The van der Waals surface area contributed by atoms with E-state index >= 15 is 0 Å². The Hall–Kier alpha value is -0.860. The second-order valence-corrected chi connectivity index (χ2v) is 5.26. The van der Waals surface area contributed by atoms with Gasteiger partial charge in [-0.3, -0.25) is 0 Å². The minimum Gasteiger partial charge on any atom is -0.319 e. The average molecular weight is 264 g/mol. The summed E-state index contributed by atoms with van der Waals surface area (Å²) in [7, 11) is 4.18. The lowest BCUT2D eigenvalue weighted by Gasteiger charge is -2.19. The number of nitrogens with one attached hydrogen (secondary N) is 1. The molecule has 1 aromatic rings. The lowest BCUT2D eigenvalue weighted by molar-refractivity contribution is 0.288. The predicted molar refractivity (Wildman–Crippen MR) is 86.6 cm³/mol. The molecule has 110 valence electrons. The van der Waals surface area contributed by atoms with E-state index in [9.17, 15) is 0 Å². The maximum absolute atomic E-state index is 3.18. The third kappa shape index (κ3) is 8.79. The van der Waals surface area contributed by atoms with Crippen molar-refractivity contribution in [3.8, 4) is 0 Å². The quantitative estimate of drug-likeness (QED) is 0.810. The number of likely N-dealkylation sites (N-methyl/N-ethyl adjacent to an activating group) is 1. The predicted octanol–water partition coefficient (Wildman–Crippen LogP) is 3.56. The van der Waals surface area contributed by atoms with E-state index in [-0.39, 0.29) is 0 Å². The maximum Gasteiger partial charge on any atom is 0.0230 e. The molecule has 0 atom stereocenters. The molecular weight excluding hydrogens is 232 g/mol. The Bertz CT molecular complexity index is 304. The fraction of sp³-hybridized carbons (Fsp3) is 0.647. The first-order valence-electron chi connectivity index (χ1n) is 7.52. The van der Waals surface area contributed by atoms with Crippen LogP contribution in [0, 0.1) is 5.92 Å². The Labute approximate surface area is 120 Å². The van der Waals surface area contributed by atoms with Crippen LogP contribution in [0.5, 0.6) is 0 Å². The van der Waals surface area contributed by atoms with Gasteiger partial charge in [0, 0.05) is 13.1 Å². The van der Waals surface area contributed by atoms with E-state index in [0.717, 1.165) is 32.0 Å². The van der Waals surface area contributed by atoms with Crippen LogP contribution in [-0.2, 0) is 13.0 Å². The first-order chi connectivity index (χ1) is 9.11. The lowest BCUT2D eigenvalue weighted by atomic mass is 10.1. The van der Waals surface area contributed by atoms with Crippen LogP contribution < -0.4 is 5.32 Å². The molecule has 2 heteroatoms. The van der Waals surface area contributed by atoms with E-state index in [1.54, 1.807) is 0 Å². The van der Waals surface area contributed by atoms with Gasteiger partial charge in [-0.25, -0.2) is 0 Å². The van der Waals surface area contributed by atoms with Gasteiger partial charge in [0.2, 0.25) is 0 Å². The number of benzene rings is 1. The maximum atomic E-state index is 3.18. The summed E-state index contributed by atoms with van der Waals surface area (Å²) in [4.78, 5) is 2.38. The van der Waals surface area contributed by atoms with Crippen molar-refractivity contribution in [1.29, 1.82) is 0 Å². The largest absolute Gasteiger partial charge is 0.319 e. The highest BCUT2D eigenvalue weighted by Crippen LogP contribution is 2.08. The molecule has 0 amide bonds. The van der Waals surface area contributed by atoms with Crippen LogP contribution in [0.1, 0.15) is 38.8 Å². The SMILES string of the molecule is CC.CNCCc1ccc(CN(C)CC(C)C)cc1. The van der Waals surface area contributed by atoms with E-state index < -0.39 is 0 Å². The van der Waals surface area contributed by atoms with E-state index in [4.69, 9.17) is 0 Å². The highest BCUT2D eigenvalue weighted by molar-refractivity contribution is 5.22. The highest BCUT2D eigenvalue weighted by Gasteiger charge is 2.02. The van der Waals surface area contributed by atoms with E-state index in [2.05, 4.69) is 55.4 Å². The summed E-state index contributed by atoms with van der Waals surface area (Å²) in [6, 6.07) is 9.00. The van der Waals surface area contributed by atoms with Crippen LogP contribution >= 0.6 is 0 Å². The average Bonchev–Trinajstić information content (AvgIpc) is 2.39. The molecule has 0 aliphatic carbocycles. The Morgan fingerprint density at radius 3 is 2.05 bits per heavy atom. The fourth-order valence-corrected chi connectivity index (χ4v) is 2.08. The van der Waals surface area contributed by atoms with Gasteiger partial charge in [-0.1, -0.05) is 52.0 Å². The molecule has 1 rings (SSSR count). The van der Waals surface area contributed by atoms with Crippen molar-refractivity contribution >= 4 is 0 Å². The van der Waals surface area contributed by atoms with Gasteiger partial charge in [-0.2, -0.15) is 0 Å². The lowest BCUT2D eigenvalue weighted by Crippen LogP contribution is -2.22. The number of rotatable bonds is 7. The summed E-state index contributed by atoms with van der Waals surface area (Å²) in [5.41, 5.74) is 2.82. The van der Waals surface area contributed by atoms with Crippen molar-refractivity contribution < 1.29 is 0 Å². The summed E-state index contributed by atoms with van der Waals surface area (Å²) < 4.78 is 0. The van der Waals surface area contributed by atoms with Crippen molar-refractivity contribution in [1.82, 2.24) is 10.2 Å². The van der Waals surface area contributed by atoms with E-state index in [1.807, 2.05) is 20.9 Å². The first-order valence-corrected chi connectivity index (χ1v) is 7.52. The standard InChI is InChI=1S/C15H26N2.C2H6/c1-13(2)11-17(4)12-15-7-5-14(6-8-15)9-10-16-3;1-2/h5-8,13,16H,9-12H2,1-4H3;1-2H3. The highest BCUT2D eigenvalue weighted by atomic mass is 15.1. The molecule has 0 spiro atoms. The molecule has 0 aliphatic heterocycles. The Morgan fingerprint density at radius 1 is 1.05 bits per heavy atom. The molecule has 0 heterocycles. The Kier molecular flexibility index (Phi) is 10.5. The molecule has 0 saturated heterocycles. The van der Waals surface area contributed by atoms with Gasteiger partial charge in [-0.05, 0) is 44.1 Å². The number of hydrogen-bond donors (Lipinski definition) is 1. The summed E-state index contributed by atoms with van der Waals surface area (Å²) >= 11 is 0. The van der Waals surface area contributed by atoms with Crippen molar-refractivity contribution in [3.05, 3.63) is 35.4 Å². The topological polar surface area (TPSA) is 15.3 Å². The van der Waals surface area contributed by atoms with Gasteiger partial charge in [0.1, 0.15) is 0 Å². The molecule has 0 radical (unpaired) electrons. The zero-order valence-electron chi connectivity index (χ0n) is 13.7. The monoisotopic (exact) mass is 264 g/mol. The van der Waals surface area contributed by atoms with Crippen LogP contribution in [0.15, 0.2) is 24.3 Å². The van der Waals surface area contributed by atoms with Crippen LogP contribution in [0.2, 0.25) is 0 Å². The van der Waals surface area contributed by atoms with Crippen molar-refractivity contribution in [3.63, 3.8) is 0 Å². The van der Waals surface area contributed by atoms with Gasteiger partial charge in [0.15, 0.2) is 0 Å². The third-order valence-corrected chi connectivity index (χ3v) is 2.82.